The number of thioether (sulfide) groups is 1. The Labute approximate surface area is 155 Å². The Hall–Kier alpha value is -2.74. The van der Waals surface area contributed by atoms with Gasteiger partial charge in [-0.15, -0.1) is 11.8 Å². The Morgan fingerprint density at radius 3 is 2.77 bits per heavy atom. The largest absolute Gasteiger partial charge is 0.486 e. The highest BCUT2D eigenvalue weighted by atomic mass is 32.2. The highest BCUT2D eigenvalue weighted by molar-refractivity contribution is 7.98. The molecule has 1 aliphatic rings. The van der Waals surface area contributed by atoms with Gasteiger partial charge in [0.25, 0.3) is 5.91 Å². The van der Waals surface area contributed by atoms with Crippen LogP contribution in [-0.4, -0.2) is 42.4 Å². The van der Waals surface area contributed by atoms with E-state index in [-0.39, 0.29) is 0 Å². The molecule has 1 aromatic carbocycles. The molecule has 2 aromatic rings. The Kier molecular flexibility index (Phi) is 5.62. The molecule has 136 valence electrons. The molecule has 0 fully saturated rings. The molecule has 0 unspecified atom stereocenters. The van der Waals surface area contributed by atoms with Gasteiger partial charge in [-0.1, -0.05) is 0 Å². The molecule has 3 rings (SSSR count). The molecule has 0 saturated heterocycles. The molecule has 8 heteroatoms. The van der Waals surface area contributed by atoms with Crippen LogP contribution in [0.4, 0.5) is 5.69 Å². The Bertz CT molecular complexity index is 827. The third kappa shape index (κ3) is 4.08. The van der Waals surface area contributed by atoms with Gasteiger partial charge < -0.3 is 19.5 Å². The molecule has 2 heterocycles. The standard InChI is InChI=1S/C18H18N2O5S/c1-11(25-18(22)13-4-3-7-19-17(13)26-2)16(21)20-12-5-6-14-15(10-12)24-9-8-23-14/h3-7,10-11H,8-9H2,1-2H3,(H,20,21)/t11-/m0/s1. The number of benzene rings is 1. The van der Waals surface area contributed by atoms with Crippen molar-refractivity contribution in [3.63, 3.8) is 0 Å². The number of rotatable bonds is 5. The third-order valence-electron chi connectivity index (χ3n) is 3.65. The Morgan fingerprint density at radius 2 is 2.00 bits per heavy atom. The number of carbonyl (C=O) groups is 2. The monoisotopic (exact) mass is 374 g/mol. The van der Waals surface area contributed by atoms with Gasteiger partial charge in [0.15, 0.2) is 17.6 Å². The predicted octanol–water partition coefficient (Wildman–Crippen LogP) is 2.76. The molecule has 0 aliphatic carbocycles. The van der Waals surface area contributed by atoms with E-state index in [9.17, 15) is 9.59 Å². The van der Waals surface area contributed by atoms with Crippen molar-refractivity contribution in [2.75, 3.05) is 24.8 Å². The van der Waals surface area contributed by atoms with Crippen molar-refractivity contribution >= 4 is 29.3 Å². The molecule has 0 spiro atoms. The molecule has 0 bridgehead atoms. The van der Waals surface area contributed by atoms with E-state index in [1.807, 2.05) is 6.26 Å². The minimum absolute atomic E-state index is 0.332. The van der Waals surface area contributed by atoms with Gasteiger partial charge in [-0.05, 0) is 37.4 Å². The summed E-state index contributed by atoms with van der Waals surface area (Å²) in [6, 6.07) is 8.37. The van der Waals surface area contributed by atoms with E-state index in [2.05, 4.69) is 10.3 Å². The second-order valence-electron chi connectivity index (χ2n) is 5.46. The normalized spacial score (nSPS) is 13.6. The number of anilines is 1. The Balaban J connectivity index is 1.63. The van der Waals surface area contributed by atoms with Crippen LogP contribution in [0.5, 0.6) is 11.5 Å². The average Bonchev–Trinajstić information content (AvgIpc) is 2.67. The van der Waals surface area contributed by atoms with Crippen molar-refractivity contribution in [3.8, 4) is 11.5 Å². The smallest absolute Gasteiger partial charge is 0.341 e. The van der Waals surface area contributed by atoms with E-state index < -0.39 is 18.0 Å². The van der Waals surface area contributed by atoms with Crippen molar-refractivity contribution in [2.24, 2.45) is 0 Å². The fourth-order valence-corrected chi connectivity index (χ4v) is 2.89. The number of fused-ring (bicyclic) bond motifs is 1. The summed E-state index contributed by atoms with van der Waals surface area (Å²) in [5, 5.41) is 3.26. The van der Waals surface area contributed by atoms with Crippen LogP contribution in [0, 0.1) is 0 Å². The summed E-state index contributed by atoms with van der Waals surface area (Å²) >= 11 is 1.34. The van der Waals surface area contributed by atoms with Crippen LogP contribution in [0.25, 0.3) is 0 Å². The van der Waals surface area contributed by atoms with Crippen LogP contribution in [0.2, 0.25) is 0 Å². The third-order valence-corrected chi connectivity index (χ3v) is 4.36. The number of nitrogens with one attached hydrogen (secondary N) is 1. The number of carbonyl (C=O) groups excluding carboxylic acids is 2. The molecule has 7 nitrogen and oxygen atoms in total. The number of hydrogen-bond donors (Lipinski definition) is 1. The molecule has 1 aromatic heterocycles. The summed E-state index contributed by atoms with van der Waals surface area (Å²) in [6.07, 6.45) is 2.45. The molecule has 1 atom stereocenters. The summed E-state index contributed by atoms with van der Waals surface area (Å²) in [4.78, 5) is 28.7. The fraction of sp³-hybridized carbons (Fsp3) is 0.278. The maximum atomic E-state index is 12.3. The SMILES string of the molecule is CSc1ncccc1C(=O)O[C@@H](C)C(=O)Nc1ccc2c(c1)OCCO2. The zero-order valence-electron chi connectivity index (χ0n) is 14.4. The summed E-state index contributed by atoms with van der Waals surface area (Å²) in [5.74, 6) is 0.172. The minimum atomic E-state index is -0.967. The first-order valence-electron chi connectivity index (χ1n) is 7.99. The topological polar surface area (TPSA) is 86.8 Å². The summed E-state index contributed by atoms with van der Waals surface area (Å²) < 4.78 is 16.2. The first-order valence-corrected chi connectivity index (χ1v) is 9.21. The molecule has 1 amide bonds. The van der Waals surface area contributed by atoms with Gasteiger partial charge in [-0.3, -0.25) is 4.79 Å². The molecule has 0 saturated carbocycles. The van der Waals surface area contributed by atoms with Crippen molar-refractivity contribution in [2.45, 2.75) is 18.1 Å². The van der Waals surface area contributed by atoms with Crippen LogP contribution >= 0.6 is 11.8 Å². The van der Waals surface area contributed by atoms with E-state index in [1.165, 1.54) is 18.7 Å². The predicted molar refractivity (Wildman–Crippen MR) is 97.0 cm³/mol. The second-order valence-corrected chi connectivity index (χ2v) is 6.25. The van der Waals surface area contributed by atoms with Gasteiger partial charge >= 0.3 is 5.97 Å². The van der Waals surface area contributed by atoms with Crippen LogP contribution in [-0.2, 0) is 9.53 Å². The Morgan fingerprint density at radius 1 is 1.23 bits per heavy atom. The maximum Gasteiger partial charge on any atom is 0.341 e. The summed E-state index contributed by atoms with van der Waals surface area (Å²) in [5.41, 5.74) is 0.868. The van der Waals surface area contributed by atoms with E-state index in [4.69, 9.17) is 14.2 Å². The quantitative estimate of drug-likeness (QED) is 0.636. The van der Waals surface area contributed by atoms with Gasteiger partial charge in [0.1, 0.15) is 18.2 Å². The fourth-order valence-electron chi connectivity index (χ4n) is 2.35. The molecule has 0 radical (unpaired) electrons. The second kappa shape index (κ2) is 8.09. The van der Waals surface area contributed by atoms with Crippen LogP contribution in [0.1, 0.15) is 17.3 Å². The van der Waals surface area contributed by atoms with E-state index in [0.29, 0.717) is 41.0 Å². The van der Waals surface area contributed by atoms with E-state index in [0.717, 1.165) is 0 Å². The van der Waals surface area contributed by atoms with Crippen molar-refractivity contribution in [3.05, 3.63) is 42.1 Å². The van der Waals surface area contributed by atoms with Crippen molar-refractivity contribution in [1.82, 2.24) is 4.98 Å². The molecule has 26 heavy (non-hydrogen) atoms. The van der Waals surface area contributed by atoms with Gasteiger partial charge in [0, 0.05) is 18.0 Å². The lowest BCUT2D eigenvalue weighted by atomic mass is 10.2. The van der Waals surface area contributed by atoms with Gasteiger partial charge in [0.05, 0.1) is 5.56 Å². The molecular formula is C18H18N2O5S. The van der Waals surface area contributed by atoms with Crippen LogP contribution in [0.3, 0.4) is 0 Å². The van der Waals surface area contributed by atoms with Crippen molar-refractivity contribution in [1.29, 1.82) is 0 Å². The number of nitrogens with zero attached hydrogens (tertiary/aromatic N) is 1. The van der Waals surface area contributed by atoms with Gasteiger partial charge in [-0.25, -0.2) is 9.78 Å². The minimum Gasteiger partial charge on any atom is -0.486 e. The van der Waals surface area contributed by atoms with Crippen LogP contribution in [0.15, 0.2) is 41.6 Å². The van der Waals surface area contributed by atoms with E-state index in [1.54, 1.807) is 36.5 Å². The highest BCUT2D eigenvalue weighted by Crippen LogP contribution is 2.32. The first kappa shape index (κ1) is 18.1. The number of pyridine rings is 1. The zero-order chi connectivity index (χ0) is 18.5. The average molecular weight is 374 g/mol. The lowest BCUT2D eigenvalue weighted by Gasteiger charge is -2.19. The van der Waals surface area contributed by atoms with E-state index >= 15 is 0 Å². The zero-order valence-corrected chi connectivity index (χ0v) is 15.2. The van der Waals surface area contributed by atoms with Gasteiger partial charge in [0.2, 0.25) is 0 Å². The molecular weight excluding hydrogens is 356 g/mol. The van der Waals surface area contributed by atoms with Crippen LogP contribution < -0.4 is 14.8 Å². The number of ether oxygens (including phenoxy) is 3. The van der Waals surface area contributed by atoms with Crippen molar-refractivity contribution < 1.29 is 23.8 Å². The highest BCUT2D eigenvalue weighted by Gasteiger charge is 2.22. The molecule has 1 N–H and O–H groups in total. The lowest BCUT2D eigenvalue weighted by molar-refractivity contribution is -0.123. The first-order chi connectivity index (χ1) is 12.6. The summed E-state index contributed by atoms with van der Waals surface area (Å²) in [7, 11) is 0. The number of esters is 1. The summed E-state index contributed by atoms with van der Waals surface area (Å²) in [6.45, 7) is 2.47. The number of amides is 1. The number of hydrogen-bond acceptors (Lipinski definition) is 7. The number of aromatic nitrogens is 1. The maximum absolute atomic E-state index is 12.3. The molecule has 1 aliphatic heterocycles. The lowest BCUT2D eigenvalue weighted by Crippen LogP contribution is -2.30. The van der Waals surface area contributed by atoms with Gasteiger partial charge in [-0.2, -0.15) is 0 Å².